The lowest BCUT2D eigenvalue weighted by molar-refractivity contribution is -0.140. The molecule has 0 radical (unpaired) electrons. The smallest absolute Gasteiger partial charge is 0.326 e. The molecular weight excluding hydrogens is 436 g/mol. The number of aromatic nitrogens is 3. The molecule has 2 heterocycles. The van der Waals surface area contributed by atoms with Crippen LogP contribution in [0.3, 0.4) is 0 Å². The van der Waals surface area contributed by atoms with Crippen molar-refractivity contribution >= 4 is 34.8 Å². The molecule has 13 nitrogen and oxygen atoms in total. The fraction of sp³-hybridized carbons (Fsp3) is 0.250. The van der Waals surface area contributed by atoms with Gasteiger partial charge in [0.05, 0.1) is 10.7 Å². The van der Waals surface area contributed by atoms with Crippen LogP contribution in [0.2, 0.25) is 0 Å². The summed E-state index contributed by atoms with van der Waals surface area (Å²) in [5.74, 6) is -3.44. The average Bonchev–Trinajstić information content (AvgIpc) is 3.19. The van der Waals surface area contributed by atoms with Gasteiger partial charge < -0.3 is 26.2 Å². The Balaban J connectivity index is 1.68. The number of anilines is 1. The SMILES string of the molecule is Nc1nc(=O)c2c(CCc3ccc(C(=O)NC(CCC(=O)O)C(=O)O)cc3)c[nH]c2n1N=O. The lowest BCUT2D eigenvalue weighted by Gasteiger charge is -2.13. The predicted octanol–water partition coefficient (Wildman–Crippen LogP) is 0.669. The number of rotatable bonds is 10. The topological polar surface area (TPSA) is 210 Å². The van der Waals surface area contributed by atoms with Crippen LogP contribution in [0.15, 0.2) is 40.5 Å². The highest BCUT2D eigenvalue weighted by Gasteiger charge is 2.21. The number of nitrogens with zero attached hydrogens (tertiary/aromatic N) is 3. The molecule has 6 N–H and O–H groups in total. The van der Waals surface area contributed by atoms with Crippen LogP contribution < -0.4 is 16.6 Å². The number of carbonyl (C=O) groups excluding carboxylic acids is 1. The summed E-state index contributed by atoms with van der Waals surface area (Å²) >= 11 is 0. The van der Waals surface area contributed by atoms with Crippen molar-refractivity contribution in [2.24, 2.45) is 5.29 Å². The highest BCUT2D eigenvalue weighted by Crippen LogP contribution is 2.18. The Bertz CT molecular complexity index is 1280. The van der Waals surface area contributed by atoms with Crippen LogP contribution in [0.25, 0.3) is 11.0 Å². The number of nitrogens with one attached hydrogen (secondary N) is 2. The fourth-order valence-corrected chi connectivity index (χ4v) is 3.33. The van der Waals surface area contributed by atoms with Gasteiger partial charge in [0, 0.05) is 18.2 Å². The molecule has 2 aromatic heterocycles. The van der Waals surface area contributed by atoms with Crippen molar-refractivity contribution in [3.8, 4) is 0 Å². The summed E-state index contributed by atoms with van der Waals surface area (Å²) in [5.41, 5.74) is 6.77. The molecule has 3 rings (SSSR count). The van der Waals surface area contributed by atoms with Crippen LogP contribution in [-0.2, 0) is 22.4 Å². The Labute approximate surface area is 185 Å². The van der Waals surface area contributed by atoms with Crippen molar-refractivity contribution in [1.29, 1.82) is 0 Å². The second-order valence-electron chi connectivity index (χ2n) is 7.20. The minimum absolute atomic E-state index is 0.153. The lowest BCUT2D eigenvalue weighted by Crippen LogP contribution is -2.41. The number of amides is 1. The van der Waals surface area contributed by atoms with E-state index in [9.17, 15) is 24.1 Å². The number of aryl methyl sites for hydroxylation is 2. The molecule has 3 aromatic rings. The number of H-pyrrole nitrogens is 1. The third-order valence-corrected chi connectivity index (χ3v) is 5.03. The van der Waals surface area contributed by atoms with Crippen molar-refractivity contribution in [3.05, 3.63) is 62.4 Å². The Morgan fingerprint density at radius 1 is 1.18 bits per heavy atom. The molecule has 33 heavy (non-hydrogen) atoms. The number of fused-ring (bicyclic) bond motifs is 1. The molecule has 1 amide bonds. The largest absolute Gasteiger partial charge is 0.481 e. The van der Waals surface area contributed by atoms with Crippen molar-refractivity contribution in [3.63, 3.8) is 0 Å². The molecule has 0 aliphatic carbocycles. The van der Waals surface area contributed by atoms with E-state index in [1.807, 2.05) is 0 Å². The van der Waals surface area contributed by atoms with Gasteiger partial charge in [-0.15, -0.1) is 9.58 Å². The third kappa shape index (κ3) is 5.20. The van der Waals surface area contributed by atoms with Gasteiger partial charge >= 0.3 is 11.9 Å². The summed E-state index contributed by atoms with van der Waals surface area (Å²) in [7, 11) is 0. The molecule has 172 valence electrons. The third-order valence-electron chi connectivity index (χ3n) is 5.03. The second-order valence-corrected chi connectivity index (χ2v) is 7.20. The number of aliphatic carboxylic acids is 2. The van der Waals surface area contributed by atoms with E-state index in [1.54, 1.807) is 18.3 Å². The van der Waals surface area contributed by atoms with Crippen LogP contribution in [0.4, 0.5) is 5.95 Å². The number of hydrogen-bond acceptors (Lipinski definition) is 8. The number of hydrogen-bond donors (Lipinski definition) is 5. The second kappa shape index (κ2) is 9.72. The van der Waals surface area contributed by atoms with E-state index in [-0.39, 0.29) is 35.4 Å². The van der Waals surface area contributed by atoms with Gasteiger partial charge in [0.1, 0.15) is 6.04 Å². The van der Waals surface area contributed by atoms with Gasteiger partial charge in [-0.2, -0.15) is 4.98 Å². The number of carbonyl (C=O) groups is 3. The minimum Gasteiger partial charge on any atom is -0.481 e. The molecule has 1 unspecified atom stereocenters. The Morgan fingerprint density at radius 2 is 1.88 bits per heavy atom. The van der Waals surface area contributed by atoms with E-state index in [0.29, 0.717) is 18.4 Å². The molecule has 1 aromatic carbocycles. The number of nitrogen functional groups attached to an aromatic ring is 1. The number of carboxylic acids is 2. The molecule has 0 spiro atoms. The summed E-state index contributed by atoms with van der Waals surface area (Å²) < 4.78 is 0.800. The summed E-state index contributed by atoms with van der Waals surface area (Å²) in [6.07, 6.45) is 1.85. The van der Waals surface area contributed by atoms with Crippen molar-refractivity contribution in [1.82, 2.24) is 20.0 Å². The molecule has 0 fully saturated rings. The van der Waals surface area contributed by atoms with E-state index in [1.165, 1.54) is 12.1 Å². The fourth-order valence-electron chi connectivity index (χ4n) is 3.33. The first-order valence-electron chi connectivity index (χ1n) is 9.77. The van der Waals surface area contributed by atoms with Crippen LogP contribution in [-0.4, -0.2) is 48.7 Å². The van der Waals surface area contributed by atoms with E-state index in [2.05, 4.69) is 20.6 Å². The van der Waals surface area contributed by atoms with Crippen LogP contribution in [0.1, 0.15) is 34.3 Å². The highest BCUT2D eigenvalue weighted by atomic mass is 16.4. The maximum atomic E-state index is 12.3. The van der Waals surface area contributed by atoms with Gasteiger partial charge in [-0.05, 0) is 42.5 Å². The first-order valence-corrected chi connectivity index (χ1v) is 9.77. The molecule has 0 saturated carbocycles. The predicted molar refractivity (Wildman–Crippen MR) is 116 cm³/mol. The average molecular weight is 456 g/mol. The molecule has 13 heteroatoms. The molecule has 0 saturated heterocycles. The summed E-state index contributed by atoms with van der Waals surface area (Å²) in [5, 5.41) is 23.1. The standard InChI is InChI=1S/C20H20N6O7/c21-20-24-18(30)15-12(9-22-16(15)26(20)25-33)6-3-10-1-4-11(5-2-10)17(29)23-13(19(31)32)7-8-14(27)28/h1-2,4-5,9,13,22H,3,6-8H2,(H,23,29)(H,27,28)(H,31,32)(H2,21,24,30). The minimum atomic E-state index is -1.32. The zero-order chi connectivity index (χ0) is 24.1. The molecule has 0 aliphatic heterocycles. The quantitative estimate of drug-likeness (QED) is 0.271. The van der Waals surface area contributed by atoms with Gasteiger partial charge in [-0.1, -0.05) is 12.1 Å². The first kappa shape index (κ1) is 23.1. The number of carboxylic acid groups (broad SMARTS) is 2. The van der Waals surface area contributed by atoms with Crippen molar-refractivity contribution in [2.75, 3.05) is 5.73 Å². The van der Waals surface area contributed by atoms with Gasteiger partial charge in [-0.3, -0.25) is 14.4 Å². The van der Waals surface area contributed by atoms with Gasteiger partial charge in [0.25, 0.3) is 11.5 Å². The van der Waals surface area contributed by atoms with E-state index in [0.717, 1.165) is 10.2 Å². The molecule has 0 bridgehead atoms. The molecule has 0 aliphatic rings. The first-order chi connectivity index (χ1) is 15.7. The van der Waals surface area contributed by atoms with Crippen LogP contribution in [0.5, 0.6) is 0 Å². The maximum Gasteiger partial charge on any atom is 0.326 e. The van der Waals surface area contributed by atoms with Gasteiger partial charge in [0.2, 0.25) is 5.95 Å². The van der Waals surface area contributed by atoms with E-state index in [4.69, 9.17) is 15.9 Å². The maximum absolute atomic E-state index is 12.3. The Hall–Kier alpha value is -4.55. The number of nitrogens with two attached hydrogens (primary N) is 1. The Kier molecular flexibility index (Phi) is 6.81. The molecular formula is C20H20N6O7. The zero-order valence-corrected chi connectivity index (χ0v) is 17.1. The van der Waals surface area contributed by atoms with Crippen LogP contribution in [0, 0.1) is 4.91 Å². The normalized spacial score (nSPS) is 11.8. The number of benzene rings is 1. The Morgan fingerprint density at radius 3 is 2.48 bits per heavy atom. The lowest BCUT2D eigenvalue weighted by atomic mass is 10.0. The number of aromatic amines is 1. The highest BCUT2D eigenvalue weighted by molar-refractivity contribution is 5.96. The number of nitroso groups, excluding NO2 is 1. The summed E-state index contributed by atoms with van der Waals surface area (Å²) in [6, 6.07) is 5.07. The zero-order valence-electron chi connectivity index (χ0n) is 17.1. The monoisotopic (exact) mass is 456 g/mol. The van der Waals surface area contributed by atoms with Gasteiger partial charge in [0.15, 0.2) is 5.65 Å². The molecule has 1 atom stereocenters. The van der Waals surface area contributed by atoms with Gasteiger partial charge in [-0.25, -0.2) is 4.79 Å². The van der Waals surface area contributed by atoms with Crippen LogP contribution >= 0.6 is 0 Å². The van der Waals surface area contributed by atoms with Crippen molar-refractivity contribution < 1.29 is 24.6 Å². The van der Waals surface area contributed by atoms with E-state index >= 15 is 0 Å². The summed E-state index contributed by atoms with van der Waals surface area (Å²) in [6.45, 7) is 0. The van der Waals surface area contributed by atoms with Crippen molar-refractivity contribution in [2.45, 2.75) is 31.7 Å². The summed E-state index contributed by atoms with van der Waals surface area (Å²) in [4.78, 5) is 63.8. The van der Waals surface area contributed by atoms with E-state index < -0.39 is 29.4 Å².